The molecule has 0 heterocycles. The third-order valence-corrected chi connectivity index (χ3v) is 17.5. The van der Waals surface area contributed by atoms with Crippen LogP contribution < -0.4 is 10.4 Å². The standard InChI is InChI=1S/C34H54O7Si2/c1-32(2,3)40-31(37)29(41-42(10,11)33(4,5)6)28(30(35)36)38-24-18-19-25-39-43(34(7,8)9,26-20-14-12-15-21-26)27-22-16-13-17-23-27/h12-17,20-23,28-29H,18-19,24-25H2,1-11H3,(H,35,36)/t28-,29-/m1/s1. The number of rotatable bonds is 14. The van der Waals surface area contributed by atoms with Crippen LogP contribution in [0.25, 0.3) is 0 Å². The van der Waals surface area contributed by atoms with E-state index in [0.717, 1.165) is 0 Å². The Hall–Kier alpha value is -2.31. The van der Waals surface area contributed by atoms with E-state index in [9.17, 15) is 14.7 Å². The smallest absolute Gasteiger partial charge is 0.337 e. The molecular formula is C34H54O7Si2. The van der Waals surface area contributed by atoms with Crippen molar-refractivity contribution in [3.05, 3.63) is 60.7 Å². The molecule has 0 saturated carbocycles. The molecule has 43 heavy (non-hydrogen) atoms. The molecule has 1 N–H and O–H groups in total. The summed E-state index contributed by atoms with van der Waals surface area (Å²) in [6, 6.07) is 20.9. The van der Waals surface area contributed by atoms with Crippen LogP contribution >= 0.6 is 0 Å². The minimum Gasteiger partial charge on any atom is -0.479 e. The van der Waals surface area contributed by atoms with Crippen molar-refractivity contribution in [3.8, 4) is 0 Å². The summed E-state index contributed by atoms with van der Waals surface area (Å²) in [6.07, 6.45) is -1.63. The monoisotopic (exact) mass is 630 g/mol. The fraction of sp³-hybridized carbons (Fsp3) is 0.588. The van der Waals surface area contributed by atoms with Crippen molar-refractivity contribution in [2.75, 3.05) is 13.2 Å². The number of carbonyl (C=O) groups excluding carboxylic acids is 1. The predicted molar refractivity (Wildman–Crippen MR) is 178 cm³/mol. The van der Waals surface area contributed by atoms with Crippen LogP contribution in [-0.4, -0.2) is 64.7 Å². The molecule has 0 saturated heterocycles. The quantitative estimate of drug-likeness (QED) is 0.144. The molecule has 2 atom stereocenters. The molecule has 0 aromatic heterocycles. The van der Waals surface area contributed by atoms with Gasteiger partial charge >= 0.3 is 11.9 Å². The Balaban J connectivity index is 2.20. The lowest BCUT2D eigenvalue weighted by Crippen LogP contribution is -2.66. The van der Waals surface area contributed by atoms with Crippen LogP contribution in [0, 0.1) is 0 Å². The first-order valence-electron chi connectivity index (χ1n) is 15.2. The van der Waals surface area contributed by atoms with Gasteiger partial charge in [0.15, 0.2) is 20.5 Å². The fourth-order valence-corrected chi connectivity index (χ4v) is 10.6. The lowest BCUT2D eigenvalue weighted by molar-refractivity contribution is -0.180. The number of carboxylic acid groups (broad SMARTS) is 1. The maximum absolute atomic E-state index is 13.2. The van der Waals surface area contributed by atoms with E-state index in [1.807, 2.05) is 46.0 Å². The van der Waals surface area contributed by atoms with Gasteiger partial charge in [0, 0.05) is 13.2 Å². The Morgan fingerprint density at radius 1 is 0.721 bits per heavy atom. The van der Waals surface area contributed by atoms with Gasteiger partial charge in [0.05, 0.1) is 0 Å². The first kappa shape index (κ1) is 36.9. The number of carboxylic acids is 1. The molecule has 0 fully saturated rings. The first-order valence-corrected chi connectivity index (χ1v) is 20.0. The Morgan fingerprint density at radius 3 is 1.58 bits per heavy atom. The van der Waals surface area contributed by atoms with E-state index >= 15 is 0 Å². The molecular weight excluding hydrogens is 577 g/mol. The number of hydrogen-bond donors (Lipinski definition) is 1. The highest BCUT2D eigenvalue weighted by molar-refractivity contribution is 6.99. The number of hydrogen-bond acceptors (Lipinski definition) is 6. The Kier molecular flexibility index (Phi) is 12.6. The van der Waals surface area contributed by atoms with E-state index in [4.69, 9.17) is 18.3 Å². The summed E-state index contributed by atoms with van der Waals surface area (Å²) in [4.78, 5) is 25.6. The van der Waals surface area contributed by atoms with Crippen molar-refractivity contribution in [2.24, 2.45) is 0 Å². The SMILES string of the molecule is CC(C)(C)OC(=O)[C@H](O[Si](C)(C)C(C)(C)C)[C@@H](OCCCCO[Si](c1ccccc1)(c1ccccc1)C(C)(C)C)C(=O)O. The van der Waals surface area contributed by atoms with Gasteiger partial charge in [0.25, 0.3) is 8.32 Å². The predicted octanol–water partition coefficient (Wildman–Crippen LogP) is 6.55. The van der Waals surface area contributed by atoms with E-state index in [0.29, 0.717) is 19.4 Å². The van der Waals surface area contributed by atoms with Gasteiger partial charge in [-0.15, -0.1) is 0 Å². The third kappa shape index (κ3) is 9.84. The molecule has 2 rings (SSSR count). The Bertz CT molecular complexity index is 1120. The zero-order chi connectivity index (χ0) is 32.7. The van der Waals surface area contributed by atoms with Gasteiger partial charge in [0.2, 0.25) is 0 Å². The topological polar surface area (TPSA) is 91.3 Å². The van der Waals surface area contributed by atoms with Gasteiger partial charge in [-0.05, 0) is 67.2 Å². The van der Waals surface area contributed by atoms with Gasteiger partial charge in [-0.1, -0.05) is 102 Å². The van der Waals surface area contributed by atoms with Crippen LogP contribution in [0.5, 0.6) is 0 Å². The normalized spacial score (nSPS) is 14.7. The molecule has 2 aromatic carbocycles. The summed E-state index contributed by atoms with van der Waals surface area (Å²) in [5.41, 5.74) is -0.798. The van der Waals surface area contributed by atoms with Gasteiger partial charge in [-0.3, -0.25) is 0 Å². The van der Waals surface area contributed by atoms with Crippen molar-refractivity contribution in [3.63, 3.8) is 0 Å². The van der Waals surface area contributed by atoms with Crippen LogP contribution in [0.2, 0.25) is 23.2 Å². The zero-order valence-electron chi connectivity index (χ0n) is 28.2. The van der Waals surface area contributed by atoms with E-state index in [-0.39, 0.29) is 16.7 Å². The molecule has 0 aliphatic rings. The van der Waals surface area contributed by atoms with E-state index < -0.39 is 46.4 Å². The molecule has 0 radical (unpaired) electrons. The highest BCUT2D eigenvalue weighted by atomic mass is 28.4. The third-order valence-electron chi connectivity index (χ3n) is 7.96. The summed E-state index contributed by atoms with van der Waals surface area (Å²) in [5, 5.41) is 12.2. The number of ether oxygens (including phenoxy) is 2. The van der Waals surface area contributed by atoms with Crippen molar-refractivity contribution in [1.82, 2.24) is 0 Å². The summed E-state index contributed by atoms with van der Waals surface area (Å²) >= 11 is 0. The summed E-state index contributed by atoms with van der Waals surface area (Å²) in [7, 11) is -5.20. The Morgan fingerprint density at radius 2 is 1.19 bits per heavy atom. The second kappa shape index (κ2) is 14.6. The molecule has 0 unspecified atom stereocenters. The average molecular weight is 631 g/mol. The van der Waals surface area contributed by atoms with Crippen molar-refractivity contribution >= 4 is 38.9 Å². The minimum atomic E-state index is -2.66. The fourth-order valence-electron chi connectivity index (χ4n) is 4.78. The van der Waals surface area contributed by atoms with Gasteiger partial charge in [0.1, 0.15) is 5.60 Å². The van der Waals surface area contributed by atoms with Crippen LogP contribution in [0.4, 0.5) is 0 Å². The van der Waals surface area contributed by atoms with Gasteiger partial charge in [-0.2, -0.15) is 0 Å². The molecule has 0 aliphatic carbocycles. The zero-order valence-corrected chi connectivity index (χ0v) is 30.2. The summed E-state index contributed by atoms with van der Waals surface area (Å²) in [5.74, 6) is -1.97. The molecule has 7 nitrogen and oxygen atoms in total. The van der Waals surface area contributed by atoms with Gasteiger partial charge < -0.3 is 23.4 Å². The molecule has 2 aromatic rings. The van der Waals surface area contributed by atoms with Crippen molar-refractivity contribution < 1.29 is 33.0 Å². The number of aliphatic carboxylic acids is 1. The van der Waals surface area contributed by atoms with Crippen LogP contribution in [0.15, 0.2) is 60.7 Å². The molecule has 0 aliphatic heterocycles. The number of carbonyl (C=O) groups is 2. The molecule has 0 bridgehead atoms. The lowest BCUT2D eigenvalue weighted by atomic mass is 10.1. The number of benzene rings is 2. The van der Waals surface area contributed by atoms with Crippen LogP contribution in [0.1, 0.15) is 75.2 Å². The van der Waals surface area contributed by atoms with E-state index in [2.05, 4.69) is 69.3 Å². The van der Waals surface area contributed by atoms with E-state index in [1.165, 1.54) is 10.4 Å². The minimum absolute atomic E-state index is 0.137. The van der Waals surface area contributed by atoms with Crippen molar-refractivity contribution in [2.45, 2.75) is 116 Å². The van der Waals surface area contributed by atoms with Gasteiger partial charge in [-0.25, -0.2) is 9.59 Å². The second-order valence-electron chi connectivity index (χ2n) is 14.7. The lowest BCUT2D eigenvalue weighted by Gasteiger charge is -2.43. The molecule has 9 heteroatoms. The van der Waals surface area contributed by atoms with Crippen LogP contribution in [0.3, 0.4) is 0 Å². The van der Waals surface area contributed by atoms with Crippen LogP contribution in [-0.2, 0) is 27.9 Å². The number of unbranched alkanes of at least 4 members (excludes halogenated alkanes) is 1. The molecule has 0 amide bonds. The highest BCUT2D eigenvalue weighted by Gasteiger charge is 2.50. The highest BCUT2D eigenvalue weighted by Crippen LogP contribution is 2.39. The maximum atomic E-state index is 13.2. The summed E-state index contributed by atoms with van der Waals surface area (Å²) in [6.45, 7) is 22.6. The maximum Gasteiger partial charge on any atom is 0.337 e. The first-order chi connectivity index (χ1) is 19.7. The van der Waals surface area contributed by atoms with Crippen molar-refractivity contribution in [1.29, 1.82) is 0 Å². The summed E-state index contributed by atoms with van der Waals surface area (Å²) < 4.78 is 24.7. The van der Waals surface area contributed by atoms with E-state index in [1.54, 1.807) is 20.8 Å². The largest absolute Gasteiger partial charge is 0.479 e. The average Bonchev–Trinajstić information content (AvgIpc) is 2.88. The Labute approximate surface area is 261 Å². The second-order valence-corrected chi connectivity index (χ2v) is 23.7. The molecule has 0 spiro atoms. The molecule has 240 valence electrons. The number of esters is 1.